The number of nitrogens with one attached hydrogen (secondary N) is 2. The van der Waals surface area contributed by atoms with Gasteiger partial charge in [-0.1, -0.05) is 0 Å². The Morgan fingerprint density at radius 2 is 2.32 bits per heavy atom. The molecule has 7 heteroatoms. The van der Waals surface area contributed by atoms with E-state index in [0.717, 1.165) is 22.6 Å². The first-order valence-corrected chi connectivity index (χ1v) is 8.16. The number of hydrogen-bond acceptors (Lipinski definition) is 4. The second-order valence-electron chi connectivity index (χ2n) is 6.30. The Kier molecular flexibility index (Phi) is 3.76. The Labute approximate surface area is 144 Å². The number of H-pyrrole nitrogens is 1. The average molecular weight is 338 g/mol. The summed E-state index contributed by atoms with van der Waals surface area (Å²) in [5.74, 6) is 1.01. The van der Waals surface area contributed by atoms with Gasteiger partial charge in [0.25, 0.3) is 0 Å². The molecule has 3 aromatic rings. The molecule has 1 saturated heterocycles. The maximum atomic E-state index is 12.5. The van der Waals surface area contributed by atoms with E-state index in [9.17, 15) is 9.59 Å². The number of benzene rings is 1. The van der Waals surface area contributed by atoms with Crippen LogP contribution in [0.4, 0.5) is 5.69 Å². The number of hydrogen-bond donors (Lipinski definition) is 2. The zero-order valence-corrected chi connectivity index (χ0v) is 13.8. The van der Waals surface area contributed by atoms with Gasteiger partial charge in [-0.2, -0.15) is 0 Å². The van der Waals surface area contributed by atoms with Crippen LogP contribution in [-0.2, 0) is 16.1 Å². The minimum atomic E-state index is -0.360. The van der Waals surface area contributed by atoms with Crippen LogP contribution < -0.4 is 5.32 Å². The van der Waals surface area contributed by atoms with Crippen LogP contribution in [0.2, 0.25) is 0 Å². The molecule has 1 fully saturated rings. The molecule has 1 aliphatic heterocycles. The topological polar surface area (TPSA) is 91.2 Å². The summed E-state index contributed by atoms with van der Waals surface area (Å²) in [6.07, 6.45) is 1.80. The maximum Gasteiger partial charge on any atom is 0.229 e. The van der Waals surface area contributed by atoms with Crippen molar-refractivity contribution in [2.75, 3.05) is 11.9 Å². The fourth-order valence-corrected chi connectivity index (χ4v) is 3.15. The van der Waals surface area contributed by atoms with Crippen LogP contribution in [0.1, 0.15) is 18.0 Å². The largest absolute Gasteiger partial charge is 0.467 e. The first-order chi connectivity index (χ1) is 12.1. The molecule has 128 valence electrons. The second-order valence-corrected chi connectivity index (χ2v) is 6.30. The molecule has 0 unspecified atom stereocenters. The third-order valence-corrected chi connectivity index (χ3v) is 4.38. The van der Waals surface area contributed by atoms with E-state index in [1.807, 2.05) is 31.2 Å². The van der Waals surface area contributed by atoms with Crippen molar-refractivity contribution in [1.82, 2.24) is 14.9 Å². The Morgan fingerprint density at radius 1 is 1.44 bits per heavy atom. The van der Waals surface area contributed by atoms with Gasteiger partial charge in [0, 0.05) is 18.7 Å². The fourth-order valence-electron chi connectivity index (χ4n) is 3.15. The van der Waals surface area contributed by atoms with Crippen molar-refractivity contribution < 1.29 is 14.0 Å². The molecule has 0 aliphatic carbocycles. The molecule has 0 spiro atoms. The number of aryl methyl sites for hydroxylation is 1. The number of aromatic amines is 1. The Morgan fingerprint density at radius 3 is 3.12 bits per heavy atom. The molecule has 1 aromatic carbocycles. The van der Waals surface area contributed by atoms with E-state index >= 15 is 0 Å². The van der Waals surface area contributed by atoms with Gasteiger partial charge in [0.15, 0.2) is 0 Å². The first kappa shape index (κ1) is 15.4. The van der Waals surface area contributed by atoms with Gasteiger partial charge in [0.05, 0.1) is 29.8 Å². The summed E-state index contributed by atoms with van der Waals surface area (Å²) in [6, 6.07) is 9.13. The van der Waals surface area contributed by atoms with Gasteiger partial charge < -0.3 is 19.6 Å². The number of rotatable bonds is 4. The van der Waals surface area contributed by atoms with Crippen LogP contribution in [0.5, 0.6) is 0 Å². The number of anilines is 1. The number of furan rings is 1. The lowest BCUT2D eigenvalue weighted by Crippen LogP contribution is -2.27. The number of amides is 2. The lowest BCUT2D eigenvalue weighted by Gasteiger charge is -2.15. The lowest BCUT2D eigenvalue weighted by molar-refractivity contribution is -0.128. The highest BCUT2D eigenvalue weighted by molar-refractivity contribution is 5.98. The number of carbonyl (C=O) groups is 2. The Hall–Kier alpha value is -3.09. The van der Waals surface area contributed by atoms with Crippen LogP contribution in [0.25, 0.3) is 11.0 Å². The monoisotopic (exact) mass is 338 g/mol. The molecule has 2 N–H and O–H groups in total. The summed E-state index contributed by atoms with van der Waals surface area (Å²) in [4.78, 5) is 33.8. The van der Waals surface area contributed by atoms with Gasteiger partial charge in [-0.3, -0.25) is 9.59 Å². The summed E-state index contributed by atoms with van der Waals surface area (Å²) in [5, 5.41) is 2.90. The van der Waals surface area contributed by atoms with Gasteiger partial charge in [-0.15, -0.1) is 0 Å². The van der Waals surface area contributed by atoms with Crippen LogP contribution >= 0.6 is 0 Å². The minimum absolute atomic E-state index is 0.0313. The molecule has 2 aromatic heterocycles. The van der Waals surface area contributed by atoms with Gasteiger partial charge >= 0.3 is 0 Å². The van der Waals surface area contributed by atoms with Crippen LogP contribution in [0.15, 0.2) is 41.0 Å². The first-order valence-electron chi connectivity index (χ1n) is 8.16. The van der Waals surface area contributed by atoms with E-state index in [4.69, 9.17) is 4.42 Å². The van der Waals surface area contributed by atoms with Crippen molar-refractivity contribution in [3.63, 3.8) is 0 Å². The predicted octanol–water partition coefficient (Wildman–Crippen LogP) is 2.45. The van der Waals surface area contributed by atoms with Crippen LogP contribution in [-0.4, -0.2) is 33.2 Å². The van der Waals surface area contributed by atoms with E-state index in [2.05, 4.69) is 15.3 Å². The predicted molar refractivity (Wildman–Crippen MR) is 91.7 cm³/mol. The molecule has 2 amide bonds. The highest BCUT2D eigenvalue weighted by atomic mass is 16.3. The third kappa shape index (κ3) is 3.13. The molecule has 3 heterocycles. The minimum Gasteiger partial charge on any atom is -0.467 e. The summed E-state index contributed by atoms with van der Waals surface area (Å²) in [7, 11) is 0. The van der Waals surface area contributed by atoms with E-state index in [-0.39, 0.29) is 24.2 Å². The average Bonchev–Trinajstić information content (AvgIpc) is 3.28. The standard InChI is InChI=1S/C18H18N4O3/c1-11-19-15-5-4-13(8-16(15)20-11)21-18(24)12-7-17(23)22(9-12)10-14-3-2-6-25-14/h2-6,8,12H,7,9-10H2,1H3,(H,19,20)(H,21,24)/t12-/m0/s1. The fraction of sp³-hybridized carbons (Fsp3) is 0.278. The molecule has 7 nitrogen and oxygen atoms in total. The summed E-state index contributed by atoms with van der Waals surface area (Å²) in [6.45, 7) is 2.68. The van der Waals surface area contributed by atoms with Gasteiger partial charge in [-0.05, 0) is 37.3 Å². The third-order valence-electron chi connectivity index (χ3n) is 4.38. The quantitative estimate of drug-likeness (QED) is 0.764. The van der Waals surface area contributed by atoms with E-state index in [1.54, 1.807) is 17.2 Å². The number of likely N-dealkylation sites (tertiary alicyclic amines) is 1. The highest BCUT2D eigenvalue weighted by Gasteiger charge is 2.34. The molecular formula is C18H18N4O3. The zero-order chi connectivity index (χ0) is 17.4. The molecule has 0 saturated carbocycles. The molecule has 1 atom stereocenters. The summed E-state index contributed by atoms with van der Waals surface area (Å²) in [5.41, 5.74) is 2.42. The molecule has 4 rings (SSSR count). The lowest BCUT2D eigenvalue weighted by atomic mass is 10.1. The van der Waals surface area contributed by atoms with Crippen molar-refractivity contribution in [2.24, 2.45) is 5.92 Å². The number of nitrogens with zero attached hydrogens (tertiary/aromatic N) is 2. The number of imidazole rings is 1. The van der Waals surface area contributed by atoms with E-state index < -0.39 is 0 Å². The second kappa shape index (κ2) is 6.08. The van der Waals surface area contributed by atoms with Gasteiger partial charge in [0.2, 0.25) is 11.8 Å². The molecule has 0 radical (unpaired) electrons. The Balaban J connectivity index is 1.42. The SMILES string of the molecule is Cc1nc2ccc(NC(=O)[C@H]3CC(=O)N(Cc4ccco4)C3)cc2[nH]1. The number of carbonyl (C=O) groups excluding carboxylic acids is 2. The smallest absolute Gasteiger partial charge is 0.229 e. The molecule has 1 aliphatic rings. The van der Waals surface area contributed by atoms with Gasteiger partial charge in [-0.25, -0.2) is 4.98 Å². The van der Waals surface area contributed by atoms with Crippen molar-refractivity contribution in [3.8, 4) is 0 Å². The van der Waals surface area contributed by atoms with E-state index in [0.29, 0.717) is 18.8 Å². The van der Waals surface area contributed by atoms with Crippen LogP contribution in [0.3, 0.4) is 0 Å². The summed E-state index contributed by atoms with van der Waals surface area (Å²) >= 11 is 0. The number of fused-ring (bicyclic) bond motifs is 1. The van der Waals surface area contributed by atoms with Crippen molar-refractivity contribution in [3.05, 3.63) is 48.2 Å². The van der Waals surface area contributed by atoms with Crippen LogP contribution in [0, 0.1) is 12.8 Å². The number of aromatic nitrogens is 2. The molecule has 0 bridgehead atoms. The zero-order valence-electron chi connectivity index (χ0n) is 13.8. The molecule has 25 heavy (non-hydrogen) atoms. The van der Waals surface area contributed by atoms with E-state index in [1.165, 1.54) is 0 Å². The Bertz CT molecular complexity index is 929. The van der Waals surface area contributed by atoms with Crippen molar-refractivity contribution in [2.45, 2.75) is 19.9 Å². The van der Waals surface area contributed by atoms with Crippen molar-refractivity contribution in [1.29, 1.82) is 0 Å². The summed E-state index contributed by atoms with van der Waals surface area (Å²) < 4.78 is 5.27. The highest BCUT2D eigenvalue weighted by Crippen LogP contribution is 2.23. The van der Waals surface area contributed by atoms with Gasteiger partial charge in [0.1, 0.15) is 11.6 Å². The normalized spacial score (nSPS) is 17.4. The molecular weight excluding hydrogens is 320 g/mol. The maximum absolute atomic E-state index is 12.5. The van der Waals surface area contributed by atoms with Crippen molar-refractivity contribution >= 4 is 28.5 Å².